The predicted octanol–water partition coefficient (Wildman–Crippen LogP) is 1.26. The standard InChI is InChI=1S/C22H18FN3O5/c1-10-7-17(28)13-9-15-12(5-6-25-21(30)24(2)22(31)26(15)25)18(19(13)20(10)29)11-3-4-16(27)14(23)8-11/h3-5,7-8,15,18,27H,6,9H2,1-2H3/t15-,18+/m1/s1. The molecule has 5 rings (SSSR count). The van der Waals surface area contributed by atoms with E-state index in [2.05, 4.69) is 0 Å². The van der Waals surface area contributed by atoms with E-state index in [0.29, 0.717) is 11.1 Å². The fraction of sp³-hybridized carbons (Fsp3) is 0.273. The second kappa shape index (κ2) is 6.37. The van der Waals surface area contributed by atoms with Crippen LogP contribution in [0.4, 0.5) is 4.39 Å². The zero-order chi connectivity index (χ0) is 22.2. The van der Waals surface area contributed by atoms with Crippen LogP contribution < -0.4 is 11.4 Å². The molecule has 2 atom stereocenters. The smallest absolute Gasteiger partial charge is 0.347 e. The van der Waals surface area contributed by atoms with Crippen LogP contribution in [0, 0.1) is 5.82 Å². The molecule has 158 valence electrons. The number of carbonyl (C=O) groups excluding carboxylic acids is 2. The van der Waals surface area contributed by atoms with Crippen molar-refractivity contribution in [2.45, 2.75) is 31.8 Å². The highest BCUT2D eigenvalue weighted by molar-refractivity contribution is 6.23. The molecule has 0 spiro atoms. The number of hydrogen-bond donors (Lipinski definition) is 1. The number of carbonyl (C=O) groups is 2. The number of rotatable bonds is 1. The zero-order valence-corrected chi connectivity index (χ0v) is 16.8. The number of phenols is 1. The maximum absolute atomic E-state index is 14.2. The van der Waals surface area contributed by atoms with Gasteiger partial charge in [0.15, 0.2) is 23.1 Å². The zero-order valence-electron chi connectivity index (χ0n) is 16.8. The number of Topliss-reactive ketones (excluding diaryl/α,β-unsaturated/α-hetero) is 1. The number of benzene rings is 1. The lowest BCUT2D eigenvalue weighted by molar-refractivity contribution is -0.116. The second-order valence-corrected chi connectivity index (χ2v) is 8.03. The van der Waals surface area contributed by atoms with Gasteiger partial charge < -0.3 is 5.11 Å². The number of halogens is 1. The summed E-state index contributed by atoms with van der Waals surface area (Å²) < 4.78 is 17.8. The van der Waals surface area contributed by atoms with E-state index in [1.807, 2.05) is 0 Å². The van der Waals surface area contributed by atoms with Crippen LogP contribution in [-0.4, -0.2) is 30.6 Å². The molecule has 31 heavy (non-hydrogen) atoms. The van der Waals surface area contributed by atoms with E-state index in [-0.39, 0.29) is 41.3 Å². The van der Waals surface area contributed by atoms with Gasteiger partial charge in [0.1, 0.15) is 0 Å². The number of hydrogen-bond acceptors (Lipinski definition) is 5. The molecule has 3 aliphatic rings. The van der Waals surface area contributed by atoms with Gasteiger partial charge in [0.05, 0.1) is 12.6 Å². The van der Waals surface area contributed by atoms with Gasteiger partial charge in [0.25, 0.3) is 0 Å². The number of allylic oxidation sites excluding steroid dienone is 6. The lowest BCUT2D eigenvalue weighted by atomic mass is 9.68. The Morgan fingerprint density at radius 3 is 2.58 bits per heavy atom. The van der Waals surface area contributed by atoms with E-state index in [1.54, 1.807) is 13.0 Å². The Balaban J connectivity index is 1.80. The van der Waals surface area contributed by atoms with E-state index in [4.69, 9.17) is 0 Å². The number of aromatic hydroxyl groups is 1. The Hall–Kier alpha value is -3.75. The molecule has 0 saturated carbocycles. The van der Waals surface area contributed by atoms with Crippen molar-refractivity contribution >= 4 is 11.6 Å². The van der Waals surface area contributed by atoms with Gasteiger partial charge in [-0.25, -0.2) is 27.9 Å². The molecule has 0 saturated heterocycles. The number of ketones is 2. The molecule has 2 heterocycles. The summed E-state index contributed by atoms with van der Waals surface area (Å²) in [5, 5.41) is 9.62. The van der Waals surface area contributed by atoms with Gasteiger partial charge in [0.2, 0.25) is 0 Å². The van der Waals surface area contributed by atoms with Crippen LogP contribution in [0.3, 0.4) is 0 Å². The first-order valence-electron chi connectivity index (χ1n) is 9.77. The van der Waals surface area contributed by atoms with Crippen molar-refractivity contribution in [2.24, 2.45) is 7.05 Å². The van der Waals surface area contributed by atoms with Gasteiger partial charge in [-0.2, -0.15) is 0 Å². The molecule has 0 bridgehead atoms. The molecule has 1 aliphatic heterocycles. The minimum Gasteiger partial charge on any atom is -0.505 e. The van der Waals surface area contributed by atoms with Gasteiger partial charge >= 0.3 is 11.4 Å². The Morgan fingerprint density at radius 1 is 1.13 bits per heavy atom. The maximum atomic E-state index is 14.2. The van der Waals surface area contributed by atoms with E-state index >= 15 is 0 Å². The minimum absolute atomic E-state index is 0.0793. The number of aromatic nitrogens is 3. The summed E-state index contributed by atoms with van der Waals surface area (Å²) in [6, 6.07) is 3.16. The molecule has 0 amide bonds. The number of nitrogens with zero attached hydrogens (tertiary/aromatic N) is 3. The van der Waals surface area contributed by atoms with E-state index in [1.165, 1.54) is 34.6 Å². The van der Waals surface area contributed by atoms with Crippen molar-refractivity contribution < 1.29 is 19.1 Å². The minimum atomic E-state index is -0.853. The topological polar surface area (TPSA) is 103 Å². The summed E-state index contributed by atoms with van der Waals surface area (Å²) >= 11 is 0. The SMILES string of the molecule is CC1=CC(=O)C2=C(C1=O)[C@@H](c1ccc(O)c(F)c1)C1=CCn3c(=O)n(C)c(=O)n3[C@@H]1C2. The van der Waals surface area contributed by atoms with Crippen molar-refractivity contribution in [1.82, 2.24) is 13.9 Å². The highest BCUT2D eigenvalue weighted by Gasteiger charge is 2.44. The van der Waals surface area contributed by atoms with Gasteiger partial charge in [-0.15, -0.1) is 0 Å². The normalized spacial score (nSPS) is 22.5. The third-order valence-corrected chi connectivity index (χ3v) is 6.33. The van der Waals surface area contributed by atoms with Crippen LogP contribution in [0.25, 0.3) is 0 Å². The molecule has 8 nitrogen and oxygen atoms in total. The first-order chi connectivity index (χ1) is 14.7. The van der Waals surface area contributed by atoms with Crippen LogP contribution in [0.1, 0.15) is 30.9 Å². The van der Waals surface area contributed by atoms with Crippen molar-refractivity contribution in [2.75, 3.05) is 0 Å². The monoisotopic (exact) mass is 423 g/mol. The lowest BCUT2D eigenvalue weighted by Gasteiger charge is -2.39. The average Bonchev–Trinajstić information content (AvgIpc) is 2.97. The third-order valence-electron chi connectivity index (χ3n) is 6.33. The number of fused-ring (bicyclic) bond motifs is 3. The fourth-order valence-electron chi connectivity index (χ4n) is 4.82. The summed E-state index contributed by atoms with van der Waals surface area (Å²) in [6.45, 7) is 1.66. The van der Waals surface area contributed by atoms with Gasteiger partial charge in [-0.3, -0.25) is 9.59 Å². The van der Waals surface area contributed by atoms with E-state index in [0.717, 1.165) is 10.6 Å². The van der Waals surface area contributed by atoms with Crippen molar-refractivity contribution in [3.63, 3.8) is 0 Å². The summed E-state index contributed by atoms with van der Waals surface area (Å²) in [5.41, 5.74) is 0.833. The molecule has 0 fully saturated rings. The van der Waals surface area contributed by atoms with Crippen LogP contribution in [-0.2, 0) is 23.2 Å². The van der Waals surface area contributed by atoms with Crippen molar-refractivity contribution in [1.29, 1.82) is 0 Å². The summed E-state index contributed by atoms with van der Waals surface area (Å²) in [5.74, 6) is -2.80. The summed E-state index contributed by atoms with van der Waals surface area (Å²) in [4.78, 5) is 51.2. The number of phenolic OH excluding ortho intramolecular Hbond substituents is 1. The van der Waals surface area contributed by atoms with Crippen molar-refractivity contribution in [3.05, 3.63) is 85.0 Å². The molecule has 1 N–H and O–H groups in total. The molecule has 1 aromatic heterocycles. The van der Waals surface area contributed by atoms with Crippen LogP contribution in [0.5, 0.6) is 5.75 Å². The second-order valence-electron chi connectivity index (χ2n) is 8.03. The van der Waals surface area contributed by atoms with Crippen LogP contribution in [0.15, 0.2) is 62.2 Å². The first-order valence-corrected chi connectivity index (χ1v) is 9.77. The van der Waals surface area contributed by atoms with E-state index < -0.39 is 34.9 Å². The summed E-state index contributed by atoms with van der Waals surface area (Å²) in [6.07, 6.45) is 3.11. The molecule has 0 unspecified atom stereocenters. The van der Waals surface area contributed by atoms with Gasteiger partial charge in [-0.1, -0.05) is 12.1 Å². The average molecular weight is 423 g/mol. The molecule has 2 aromatic rings. The quantitative estimate of drug-likeness (QED) is 0.549. The van der Waals surface area contributed by atoms with Crippen LogP contribution >= 0.6 is 0 Å². The Labute approximate surface area is 174 Å². The highest BCUT2D eigenvalue weighted by atomic mass is 19.1. The third kappa shape index (κ3) is 2.52. The highest BCUT2D eigenvalue weighted by Crippen LogP contribution is 2.49. The largest absolute Gasteiger partial charge is 0.505 e. The van der Waals surface area contributed by atoms with Gasteiger partial charge in [0, 0.05) is 36.1 Å². The first kappa shape index (κ1) is 19.2. The maximum Gasteiger partial charge on any atom is 0.347 e. The molecule has 2 aliphatic carbocycles. The fourth-order valence-corrected chi connectivity index (χ4v) is 4.82. The molecule has 1 aromatic carbocycles. The predicted molar refractivity (Wildman–Crippen MR) is 107 cm³/mol. The Morgan fingerprint density at radius 2 is 1.87 bits per heavy atom. The molecule has 9 heteroatoms. The van der Waals surface area contributed by atoms with Gasteiger partial charge in [-0.05, 0) is 36.3 Å². The Kier molecular flexibility index (Phi) is 3.95. The van der Waals surface area contributed by atoms with E-state index in [9.17, 15) is 28.7 Å². The lowest BCUT2D eigenvalue weighted by Crippen LogP contribution is -2.40. The Bertz CT molecular complexity index is 1420. The molecular formula is C22H18FN3O5. The van der Waals surface area contributed by atoms with Crippen LogP contribution in [0.2, 0.25) is 0 Å². The summed E-state index contributed by atoms with van der Waals surface area (Å²) in [7, 11) is 1.38. The molecule has 0 radical (unpaired) electrons. The molecular weight excluding hydrogens is 405 g/mol. The van der Waals surface area contributed by atoms with Crippen molar-refractivity contribution in [3.8, 4) is 5.75 Å².